The zero-order chi connectivity index (χ0) is 14.8. The van der Waals surface area contributed by atoms with Gasteiger partial charge in [-0.3, -0.25) is 0 Å². The Hall–Kier alpha value is 0.120. The first-order chi connectivity index (χ1) is 9.45. The summed E-state index contributed by atoms with van der Waals surface area (Å²) in [5.41, 5.74) is 0. The summed E-state index contributed by atoms with van der Waals surface area (Å²) in [7, 11) is 0.862. The van der Waals surface area contributed by atoms with Crippen LogP contribution in [0.25, 0.3) is 0 Å². The molecule has 2 fully saturated rings. The van der Waals surface area contributed by atoms with Gasteiger partial charge < -0.3 is 4.90 Å². The predicted molar refractivity (Wildman–Crippen MR) is 82.2 cm³/mol. The fourth-order valence-corrected chi connectivity index (χ4v) is 5.03. The topological polar surface area (TPSA) is 43.9 Å². The van der Waals surface area contributed by atoms with Crippen molar-refractivity contribution >= 4 is 21.8 Å². The molecule has 0 aliphatic carbocycles. The SMILES string of the molecule is CN(C)C1CCN(S(=O)(=O)N2CCC(CCl)CC2)CC1. The molecule has 20 heavy (non-hydrogen) atoms. The first-order valence-corrected chi connectivity index (χ1v) is 9.36. The lowest BCUT2D eigenvalue weighted by molar-refractivity contribution is 0.185. The van der Waals surface area contributed by atoms with E-state index in [1.54, 1.807) is 8.61 Å². The van der Waals surface area contributed by atoms with Crippen molar-refractivity contribution < 1.29 is 8.42 Å². The van der Waals surface area contributed by atoms with Gasteiger partial charge in [0, 0.05) is 38.1 Å². The van der Waals surface area contributed by atoms with Crippen molar-refractivity contribution in [3.63, 3.8) is 0 Å². The van der Waals surface area contributed by atoms with E-state index in [4.69, 9.17) is 11.6 Å². The van der Waals surface area contributed by atoms with E-state index >= 15 is 0 Å². The molecule has 0 N–H and O–H groups in total. The van der Waals surface area contributed by atoms with Crippen LogP contribution < -0.4 is 0 Å². The average Bonchev–Trinajstić information content (AvgIpc) is 2.47. The quantitative estimate of drug-likeness (QED) is 0.730. The van der Waals surface area contributed by atoms with E-state index in [2.05, 4.69) is 19.0 Å². The highest BCUT2D eigenvalue weighted by atomic mass is 35.5. The number of rotatable bonds is 4. The zero-order valence-corrected chi connectivity index (χ0v) is 14.0. The van der Waals surface area contributed by atoms with Crippen LogP contribution in [0, 0.1) is 5.92 Å². The van der Waals surface area contributed by atoms with Crippen LogP contribution in [0.4, 0.5) is 0 Å². The van der Waals surface area contributed by atoms with Gasteiger partial charge in [0.25, 0.3) is 10.2 Å². The Morgan fingerprint density at radius 3 is 1.85 bits per heavy atom. The van der Waals surface area contributed by atoms with Crippen LogP contribution in [0.1, 0.15) is 25.7 Å². The number of piperidine rings is 2. The lowest BCUT2D eigenvalue weighted by Gasteiger charge is -2.38. The van der Waals surface area contributed by atoms with E-state index in [0.29, 0.717) is 44.0 Å². The molecule has 0 radical (unpaired) electrons. The van der Waals surface area contributed by atoms with Crippen LogP contribution >= 0.6 is 11.6 Å². The van der Waals surface area contributed by atoms with Crippen molar-refractivity contribution in [2.45, 2.75) is 31.7 Å². The summed E-state index contributed by atoms with van der Waals surface area (Å²) in [6, 6.07) is 0.503. The van der Waals surface area contributed by atoms with Gasteiger partial charge in [-0.2, -0.15) is 17.0 Å². The minimum atomic E-state index is -3.26. The third kappa shape index (κ3) is 3.65. The molecule has 118 valence electrons. The molecule has 0 aromatic carbocycles. The summed E-state index contributed by atoms with van der Waals surface area (Å²) in [5, 5.41) is 0. The Bertz CT molecular complexity index is 400. The molecule has 2 aliphatic heterocycles. The second-order valence-corrected chi connectivity index (χ2v) is 8.34. The minimum absolute atomic E-state index is 0.475. The second-order valence-electron chi connectivity index (χ2n) is 6.10. The molecule has 0 aromatic rings. The van der Waals surface area contributed by atoms with Gasteiger partial charge in [-0.15, -0.1) is 11.6 Å². The normalized spacial score (nSPS) is 25.4. The molecular weight excluding hydrogens is 298 g/mol. The highest BCUT2D eigenvalue weighted by molar-refractivity contribution is 7.86. The van der Waals surface area contributed by atoms with Gasteiger partial charge in [0.15, 0.2) is 0 Å². The largest absolute Gasteiger partial charge is 0.306 e. The number of alkyl halides is 1. The van der Waals surface area contributed by atoms with Crippen LogP contribution in [0.2, 0.25) is 0 Å². The summed E-state index contributed by atoms with van der Waals surface area (Å²) in [5.74, 6) is 1.12. The fourth-order valence-electron chi connectivity index (χ4n) is 3.05. The molecule has 7 heteroatoms. The van der Waals surface area contributed by atoms with Gasteiger partial charge in [-0.25, -0.2) is 0 Å². The molecule has 0 spiro atoms. The van der Waals surface area contributed by atoms with Gasteiger partial charge in [-0.05, 0) is 45.7 Å². The molecular formula is C13H26ClN3O2S. The van der Waals surface area contributed by atoms with Gasteiger partial charge in [-0.1, -0.05) is 0 Å². The Morgan fingerprint density at radius 1 is 1.00 bits per heavy atom. The van der Waals surface area contributed by atoms with Crippen molar-refractivity contribution in [2.75, 3.05) is 46.2 Å². The fraction of sp³-hybridized carbons (Fsp3) is 1.00. The predicted octanol–water partition coefficient (Wildman–Crippen LogP) is 1.21. The van der Waals surface area contributed by atoms with Crippen LogP contribution in [-0.2, 0) is 10.2 Å². The van der Waals surface area contributed by atoms with Gasteiger partial charge >= 0.3 is 0 Å². The summed E-state index contributed by atoms with van der Waals surface area (Å²) in [4.78, 5) is 2.19. The smallest absolute Gasteiger partial charge is 0.281 e. The standard InChI is InChI=1S/C13H26ClN3O2S/c1-15(2)13-5-9-17(10-6-13)20(18,19)16-7-3-12(11-14)4-8-16/h12-13H,3-11H2,1-2H3. The van der Waals surface area contributed by atoms with Crippen LogP contribution in [-0.4, -0.2) is 74.1 Å². The van der Waals surface area contributed by atoms with E-state index in [1.165, 1.54) is 0 Å². The number of hydrogen-bond acceptors (Lipinski definition) is 3. The maximum atomic E-state index is 12.6. The molecule has 2 heterocycles. The van der Waals surface area contributed by atoms with E-state index in [9.17, 15) is 8.42 Å². The first kappa shape index (κ1) is 16.5. The number of nitrogens with zero attached hydrogens (tertiary/aromatic N) is 3. The number of halogens is 1. The molecule has 2 saturated heterocycles. The first-order valence-electron chi connectivity index (χ1n) is 7.42. The van der Waals surface area contributed by atoms with Crippen LogP contribution in [0.5, 0.6) is 0 Å². The maximum Gasteiger partial charge on any atom is 0.281 e. The van der Waals surface area contributed by atoms with Crippen molar-refractivity contribution in [1.29, 1.82) is 0 Å². The second kappa shape index (κ2) is 6.92. The molecule has 0 amide bonds. The Labute approximate surface area is 128 Å². The highest BCUT2D eigenvalue weighted by Crippen LogP contribution is 2.24. The van der Waals surface area contributed by atoms with Crippen molar-refractivity contribution in [2.24, 2.45) is 5.92 Å². The molecule has 2 aliphatic rings. The summed E-state index contributed by atoms with van der Waals surface area (Å²) >= 11 is 5.85. The van der Waals surface area contributed by atoms with Crippen molar-refractivity contribution in [1.82, 2.24) is 13.5 Å². The van der Waals surface area contributed by atoms with E-state index in [1.807, 2.05) is 0 Å². The Balaban J connectivity index is 1.91. The number of hydrogen-bond donors (Lipinski definition) is 0. The molecule has 0 unspecified atom stereocenters. The Kier molecular flexibility index (Phi) is 5.71. The molecule has 2 rings (SSSR count). The van der Waals surface area contributed by atoms with Crippen LogP contribution in [0.3, 0.4) is 0 Å². The lowest BCUT2D eigenvalue weighted by atomic mass is 10.0. The van der Waals surface area contributed by atoms with Gasteiger partial charge in [0.2, 0.25) is 0 Å². The minimum Gasteiger partial charge on any atom is -0.306 e. The molecule has 0 bridgehead atoms. The molecule has 0 aromatic heterocycles. The summed E-state index contributed by atoms with van der Waals surface area (Å²) in [6.45, 7) is 2.52. The third-order valence-electron chi connectivity index (χ3n) is 4.60. The van der Waals surface area contributed by atoms with Crippen molar-refractivity contribution in [3.8, 4) is 0 Å². The monoisotopic (exact) mass is 323 g/mol. The lowest BCUT2D eigenvalue weighted by Crippen LogP contribution is -2.51. The average molecular weight is 324 g/mol. The zero-order valence-electron chi connectivity index (χ0n) is 12.5. The van der Waals surface area contributed by atoms with E-state index in [-0.39, 0.29) is 0 Å². The van der Waals surface area contributed by atoms with E-state index in [0.717, 1.165) is 25.7 Å². The summed E-state index contributed by atoms with van der Waals surface area (Å²) in [6.07, 6.45) is 3.61. The van der Waals surface area contributed by atoms with E-state index < -0.39 is 10.2 Å². The molecule has 0 atom stereocenters. The third-order valence-corrected chi connectivity index (χ3v) is 7.07. The highest BCUT2D eigenvalue weighted by Gasteiger charge is 2.35. The van der Waals surface area contributed by atoms with Crippen LogP contribution in [0.15, 0.2) is 0 Å². The van der Waals surface area contributed by atoms with Crippen molar-refractivity contribution in [3.05, 3.63) is 0 Å². The molecule has 0 saturated carbocycles. The Morgan fingerprint density at radius 2 is 1.45 bits per heavy atom. The maximum absolute atomic E-state index is 12.6. The summed E-state index contributed by atoms with van der Waals surface area (Å²) < 4.78 is 28.5. The molecule has 5 nitrogen and oxygen atoms in total. The van der Waals surface area contributed by atoms with Gasteiger partial charge in [0.05, 0.1) is 0 Å². The van der Waals surface area contributed by atoms with Gasteiger partial charge in [0.1, 0.15) is 0 Å².